The predicted molar refractivity (Wildman–Crippen MR) is 77.9 cm³/mol. The lowest BCUT2D eigenvalue weighted by Crippen LogP contribution is -2.37. The highest BCUT2D eigenvalue weighted by atomic mass is 16.5. The number of nitrogens with zero attached hydrogens (tertiary/aromatic N) is 1. The van der Waals surface area contributed by atoms with Gasteiger partial charge in [0.05, 0.1) is 21.3 Å². The minimum atomic E-state index is 0.248. The van der Waals surface area contributed by atoms with Gasteiger partial charge in [-0.15, -0.1) is 0 Å². The highest BCUT2D eigenvalue weighted by Gasteiger charge is 2.36. The molecule has 5 heteroatoms. The van der Waals surface area contributed by atoms with Crippen LogP contribution in [0.25, 0.3) is 0 Å². The first-order valence-corrected chi connectivity index (χ1v) is 7.29. The third-order valence-corrected chi connectivity index (χ3v) is 4.26. The van der Waals surface area contributed by atoms with E-state index < -0.39 is 0 Å². The molecule has 1 fully saturated rings. The van der Waals surface area contributed by atoms with Gasteiger partial charge in [-0.3, -0.25) is 4.79 Å². The van der Waals surface area contributed by atoms with Gasteiger partial charge in [0.15, 0.2) is 11.5 Å². The first-order chi connectivity index (χ1) is 10.2. The van der Waals surface area contributed by atoms with E-state index in [2.05, 4.69) is 0 Å². The third-order valence-electron chi connectivity index (χ3n) is 4.26. The Balaban J connectivity index is 1.97. The van der Waals surface area contributed by atoms with Crippen LogP contribution >= 0.6 is 0 Å². The number of methoxy groups -OCH3 is 3. The number of amides is 1. The van der Waals surface area contributed by atoms with E-state index in [9.17, 15) is 4.79 Å². The molecule has 0 spiro atoms. The molecule has 0 aromatic heterocycles. The van der Waals surface area contributed by atoms with E-state index in [-0.39, 0.29) is 11.8 Å². The molecule has 1 saturated carbocycles. The SMILES string of the molecule is COc1cc2c(c(OC)c1OC)CN(C(=O)C1CC1)CC2. The quantitative estimate of drug-likeness (QED) is 0.851. The van der Waals surface area contributed by atoms with E-state index in [4.69, 9.17) is 14.2 Å². The van der Waals surface area contributed by atoms with Crippen LogP contribution in [-0.4, -0.2) is 38.7 Å². The molecule has 1 aliphatic heterocycles. The monoisotopic (exact) mass is 291 g/mol. The Kier molecular flexibility index (Phi) is 3.66. The van der Waals surface area contributed by atoms with Crippen molar-refractivity contribution >= 4 is 5.91 Å². The van der Waals surface area contributed by atoms with Gasteiger partial charge < -0.3 is 19.1 Å². The summed E-state index contributed by atoms with van der Waals surface area (Å²) < 4.78 is 16.3. The molecule has 0 saturated heterocycles. The molecule has 1 aliphatic carbocycles. The highest BCUT2D eigenvalue weighted by molar-refractivity contribution is 5.81. The number of carbonyl (C=O) groups excluding carboxylic acids is 1. The van der Waals surface area contributed by atoms with E-state index >= 15 is 0 Å². The molecular weight excluding hydrogens is 270 g/mol. The Morgan fingerprint density at radius 2 is 1.86 bits per heavy atom. The summed E-state index contributed by atoms with van der Waals surface area (Å²) in [6.45, 7) is 1.36. The zero-order valence-corrected chi connectivity index (χ0v) is 12.8. The number of carbonyl (C=O) groups is 1. The Morgan fingerprint density at radius 3 is 2.43 bits per heavy atom. The number of rotatable bonds is 4. The van der Waals surface area contributed by atoms with Crippen molar-refractivity contribution in [3.63, 3.8) is 0 Å². The van der Waals surface area contributed by atoms with Crippen molar-refractivity contribution in [2.24, 2.45) is 5.92 Å². The van der Waals surface area contributed by atoms with Gasteiger partial charge >= 0.3 is 0 Å². The molecule has 1 aromatic rings. The van der Waals surface area contributed by atoms with Gasteiger partial charge in [-0.05, 0) is 30.9 Å². The molecule has 3 rings (SSSR count). The van der Waals surface area contributed by atoms with Crippen LogP contribution in [0.2, 0.25) is 0 Å². The maximum Gasteiger partial charge on any atom is 0.225 e. The fraction of sp³-hybridized carbons (Fsp3) is 0.562. The van der Waals surface area contributed by atoms with Crippen LogP contribution in [0.1, 0.15) is 24.0 Å². The van der Waals surface area contributed by atoms with Crippen molar-refractivity contribution in [2.75, 3.05) is 27.9 Å². The molecule has 0 N–H and O–H groups in total. The Morgan fingerprint density at radius 1 is 1.14 bits per heavy atom. The number of benzene rings is 1. The van der Waals surface area contributed by atoms with Crippen LogP contribution in [0.15, 0.2) is 6.07 Å². The summed E-state index contributed by atoms with van der Waals surface area (Å²) in [7, 11) is 4.84. The second kappa shape index (κ2) is 5.47. The molecule has 0 radical (unpaired) electrons. The summed E-state index contributed by atoms with van der Waals surface area (Å²) in [6, 6.07) is 2.00. The standard InChI is InChI=1S/C16H21NO4/c1-19-13-8-11-6-7-17(16(18)10-4-5-10)9-12(11)14(20-2)15(13)21-3/h8,10H,4-7,9H2,1-3H3. The summed E-state index contributed by atoms with van der Waals surface area (Å²) in [6.07, 6.45) is 2.89. The van der Waals surface area contributed by atoms with E-state index in [0.29, 0.717) is 23.8 Å². The van der Waals surface area contributed by atoms with Crippen molar-refractivity contribution in [3.8, 4) is 17.2 Å². The molecule has 1 aromatic carbocycles. The lowest BCUT2D eigenvalue weighted by atomic mass is 9.97. The van der Waals surface area contributed by atoms with Gasteiger partial charge in [0.25, 0.3) is 0 Å². The van der Waals surface area contributed by atoms with Gasteiger partial charge in [-0.2, -0.15) is 0 Å². The maximum absolute atomic E-state index is 12.3. The van der Waals surface area contributed by atoms with E-state index in [1.54, 1.807) is 21.3 Å². The fourth-order valence-corrected chi connectivity index (χ4v) is 2.96. The zero-order chi connectivity index (χ0) is 15.0. The number of hydrogen-bond acceptors (Lipinski definition) is 4. The third kappa shape index (κ3) is 2.41. The Bertz CT molecular complexity index is 566. The average molecular weight is 291 g/mol. The molecule has 5 nitrogen and oxygen atoms in total. The average Bonchev–Trinajstić information content (AvgIpc) is 3.36. The summed E-state index contributed by atoms with van der Waals surface area (Å²) >= 11 is 0. The van der Waals surface area contributed by atoms with Crippen LogP contribution in [-0.2, 0) is 17.8 Å². The zero-order valence-electron chi connectivity index (χ0n) is 12.8. The normalized spacial score (nSPS) is 17.2. The van der Waals surface area contributed by atoms with Gasteiger partial charge in [0.1, 0.15) is 0 Å². The molecule has 114 valence electrons. The summed E-state index contributed by atoms with van der Waals surface area (Å²) in [4.78, 5) is 14.2. The summed E-state index contributed by atoms with van der Waals surface area (Å²) in [5, 5.41) is 0. The van der Waals surface area contributed by atoms with Crippen molar-refractivity contribution in [2.45, 2.75) is 25.8 Å². The molecule has 1 heterocycles. The second-order valence-electron chi connectivity index (χ2n) is 5.57. The Hall–Kier alpha value is -1.91. The van der Waals surface area contributed by atoms with Crippen molar-refractivity contribution in [1.29, 1.82) is 0 Å². The van der Waals surface area contributed by atoms with Crippen LogP contribution in [0.5, 0.6) is 17.2 Å². The number of hydrogen-bond donors (Lipinski definition) is 0. The predicted octanol–water partition coefficient (Wildman–Crippen LogP) is 2.01. The van der Waals surface area contributed by atoms with E-state index in [1.165, 1.54) is 5.56 Å². The summed E-state index contributed by atoms with van der Waals surface area (Å²) in [5.41, 5.74) is 2.21. The fourth-order valence-electron chi connectivity index (χ4n) is 2.96. The highest BCUT2D eigenvalue weighted by Crippen LogP contribution is 2.44. The Labute approximate surface area is 124 Å². The first kappa shape index (κ1) is 14.0. The van der Waals surface area contributed by atoms with E-state index in [1.807, 2.05) is 11.0 Å². The van der Waals surface area contributed by atoms with E-state index in [0.717, 1.165) is 31.4 Å². The molecule has 2 aliphatic rings. The summed E-state index contributed by atoms with van der Waals surface area (Å²) in [5.74, 6) is 2.48. The molecular formula is C16H21NO4. The second-order valence-corrected chi connectivity index (χ2v) is 5.57. The molecule has 0 unspecified atom stereocenters. The first-order valence-electron chi connectivity index (χ1n) is 7.29. The molecule has 21 heavy (non-hydrogen) atoms. The van der Waals surface area contributed by atoms with Crippen molar-refractivity contribution in [1.82, 2.24) is 4.90 Å². The molecule has 1 amide bonds. The number of fused-ring (bicyclic) bond motifs is 1. The minimum Gasteiger partial charge on any atom is -0.493 e. The minimum absolute atomic E-state index is 0.248. The maximum atomic E-state index is 12.3. The van der Waals surface area contributed by atoms with Gasteiger partial charge in [-0.25, -0.2) is 0 Å². The van der Waals surface area contributed by atoms with Crippen LogP contribution in [0.3, 0.4) is 0 Å². The smallest absolute Gasteiger partial charge is 0.225 e. The van der Waals surface area contributed by atoms with Gasteiger partial charge in [0.2, 0.25) is 11.7 Å². The lowest BCUT2D eigenvalue weighted by Gasteiger charge is -2.31. The van der Waals surface area contributed by atoms with Gasteiger partial charge in [-0.1, -0.05) is 0 Å². The van der Waals surface area contributed by atoms with Crippen LogP contribution in [0.4, 0.5) is 0 Å². The van der Waals surface area contributed by atoms with Crippen molar-refractivity contribution in [3.05, 3.63) is 17.2 Å². The van der Waals surface area contributed by atoms with Gasteiger partial charge in [0, 0.05) is 24.6 Å². The largest absolute Gasteiger partial charge is 0.493 e. The van der Waals surface area contributed by atoms with Crippen LogP contribution in [0, 0.1) is 5.92 Å². The molecule has 0 bridgehead atoms. The van der Waals surface area contributed by atoms with Crippen LogP contribution < -0.4 is 14.2 Å². The van der Waals surface area contributed by atoms with Crippen molar-refractivity contribution < 1.29 is 19.0 Å². The topological polar surface area (TPSA) is 48.0 Å². The lowest BCUT2D eigenvalue weighted by molar-refractivity contribution is -0.133. The molecule has 0 atom stereocenters. The number of ether oxygens (including phenoxy) is 3.